The molecule has 6 nitrogen and oxygen atoms in total. The highest BCUT2D eigenvalue weighted by Gasteiger charge is 2.16. The number of carbonyl (C=O) groups excluding carboxylic acids is 2. The van der Waals surface area contributed by atoms with Gasteiger partial charge in [0.25, 0.3) is 5.91 Å². The molecule has 0 saturated heterocycles. The van der Waals surface area contributed by atoms with Crippen molar-refractivity contribution in [3.8, 4) is 11.5 Å². The first-order valence-corrected chi connectivity index (χ1v) is 7.74. The van der Waals surface area contributed by atoms with Crippen molar-refractivity contribution in [2.45, 2.75) is 6.61 Å². The Morgan fingerprint density at radius 3 is 2.28 bits per heavy atom. The van der Waals surface area contributed by atoms with Crippen molar-refractivity contribution in [1.29, 1.82) is 0 Å². The number of methoxy groups -OCH3 is 1. The molecule has 25 heavy (non-hydrogen) atoms. The summed E-state index contributed by atoms with van der Waals surface area (Å²) in [5.74, 6) is 0.232. The largest absolute Gasteiger partial charge is 0.496 e. The van der Waals surface area contributed by atoms with Gasteiger partial charge < -0.3 is 19.1 Å². The number of esters is 1. The average Bonchev–Trinajstić information content (AvgIpc) is 2.64. The summed E-state index contributed by atoms with van der Waals surface area (Å²) in [5.41, 5.74) is 1.03. The molecular weight excluding hydrogens is 322 g/mol. The number of hydrogen-bond acceptors (Lipinski definition) is 5. The van der Waals surface area contributed by atoms with Crippen molar-refractivity contribution in [3.05, 3.63) is 59.7 Å². The van der Waals surface area contributed by atoms with Crippen LogP contribution in [0.3, 0.4) is 0 Å². The minimum Gasteiger partial charge on any atom is -0.496 e. The second kappa shape index (κ2) is 8.73. The van der Waals surface area contributed by atoms with Crippen molar-refractivity contribution in [2.24, 2.45) is 0 Å². The van der Waals surface area contributed by atoms with Crippen LogP contribution in [0.25, 0.3) is 0 Å². The van der Waals surface area contributed by atoms with Crippen LogP contribution in [0, 0.1) is 0 Å². The summed E-state index contributed by atoms with van der Waals surface area (Å²) in [6, 6.07) is 14.0. The van der Waals surface area contributed by atoms with Gasteiger partial charge in [-0.05, 0) is 18.2 Å². The first kappa shape index (κ1) is 18.3. The summed E-state index contributed by atoms with van der Waals surface area (Å²) in [4.78, 5) is 25.4. The van der Waals surface area contributed by atoms with E-state index in [-0.39, 0.29) is 24.7 Å². The summed E-state index contributed by atoms with van der Waals surface area (Å²) < 4.78 is 16.1. The van der Waals surface area contributed by atoms with E-state index >= 15 is 0 Å². The first-order valence-electron chi connectivity index (χ1n) is 7.74. The number of benzene rings is 2. The number of rotatable bonds is 7. The Kier molecular flexibility index (Phi) is 6.39. The van der Waals surface area contributed by atoms with E-state index in [2.05, 4.69) is 0 Å². The molecule has 2 rings (SSSR count). The van der Waals surface area contributed by atoms with Crippen LogP contribution in [0.5, 0.6) is 11.5 Å². The Labute approximate surface area is 146 Å². The number of amides is 1. The van der Waals surface area contributed by atoms with E-state index in [4.69, 9.17) is 14.2 Å². The zero-order chi connectivity index (χ0) is 18.2. The Hall–Kier alpha value is -3.02. The number of nitrogens with zero attached hydrogens (tertiary/aromatic N) is 1. The van der Waals surface area contributed by atoms with Gasteiger partial charge in [0.15, 0.2) is 6.61 Å². The lowest BCUT2D eigenvalue weighted by molar-refractivity contribution is -0.130. The van der Waals surface area contributed by atoms with Gasteiger partial charge in [-0.2, -0.15) is 0 Å². The molecule has 0 aliphatic heterocycles. The highest BCUT2D eigenvalue weighted by Crippen LogP contribution is 2.22. The van der Waals surface area contributed by atoms with Crippen LogP contribution in [0.15, 0.2) is 48.5 Å². The third-order valence-corrected chi connectivity index (χ3v) is 3.51. The van der Waals surface area contributed by atoms with Gasteiger partial charge in [0.05, 0.1) is 7.11 Å². The number of carbonyl (C=O) groups is 2. The van der Waals surface area contributed by atoms with Crippen LogP contribution in [-0.2, 0) is 16.1 Å². The van der Waals surface area contributed by atoms with Crippen LogP contribution >= 0.6 is 0 Å². The molecule has 0 saturated carbocycles. The quantitative estimate of drug-likeness (QED) is 0.723. The van der Waals surface area contributed by atoms with Gasteiger partial charge in [0.1, 0.15) is 23.7 Å². The predicted octanol–water partition coefficient (Wildman–Crippen LogP) is 2.52. The fourth-order valence-corrected chi connectivity index (χ4v) is 2.07. The van der Waals surface area contributed by atoms with Crippen LogP contribution in [0.2, 0.25) is 0 Å². The van der Waals surface area contributed by atoms with Gasteiger partial charge in [-0.15, -0.1) is 0 Å². The molecule has 0 aliphatic rings. The number of likely N-dealkylation sites (N-methyl/N-ethyl adjacent to an activating group) is 1. The van der Waals surface area contributed by atoms with E-state index < -0.39 is 5.97 Å². The lowest BCUT2D eigenvalue weighted by Crippen LogP contribution is -2.27. The molecule has 132 valence electrons. The lowest BCUT2D eigenvalue weighted by atomic mass is 10.2. The molecule has 0 fully saturated rings. The van der Waals surface area contributed by atoms with Crippen molar-refractivity contribution < 1.29 is 23.8 Å². The molecule has 0 unspecified atom stereocenters. The van der Waals surface area contributed by atoms with Crippen LogP contribution < -0.4 is 9.47 Å². The van der Waals surface area contributed by atoms with E-state index in [1.165, 1.54) is 4.90 Å². The monoisotopic (exact) mass is 343 g/mol. The summed E-state index contributed by atoms with van der Waals surface area (Å²) in [6.45, 7) is -0.0718. The van der Waals surface area contributed by atoms with Gasteiger partial charge in [-0.25, -0.2) is 4.79 Å². The second-order valence-corrected chi connectivity index (χ2v) is 5.46. The molecule has 0 atom stereocenters. The fourth-order valence-electron chi connectivity index (χ4n) is 2.07. The van der Waals surface area contributed by atoms with Crippen molar-refractivity contribution in [1.82, 2.24) is 4.90 Å². The average molecular weight is 343 g/mol. The maximum Gasteiger partial charge on any atom is 0.342 e. The molecule has 0 heterocycles. The zero-order valence-corrected chi connectivity index (χ0v) is 14.5. The van der Waals surface area contributed by atoms with E-state index in [0.717, 1.165) is 5.56 Å². The molecule has 0 N–H and O–H groups in total. The Bertz CT molecular complexity index is 742. The van der Waals surface area contributed by atoms with E-state index in [0.29, 0.717) is 11.5 Å². The van der Waals surface area contributed by atoms with Crippen LogP contribution in [0.1, 0.15) is 15.9 Å². The molecule has 0 aromatic heterocycles. The van der Waals surface area contributed by atoms with E-state index in [1.807, 2.05) is 18.2 Å². The zero-order valence-electron chi connectivity index (χ0n) is 14.5. The Morgan fingerprint density at radius 2 is 1.60 bits per heavy atom. The SMILES string of the molecule is COc1ccccc1COC(=O)c1ccccc1OCC(=O)N(C)C. The summed E-state index contributed by atoms with van der Waals surface area (Å²) >= 11 is 0. The minimum absolute atomic E-state index is 0.0772. The van der Waals surface area contributed by atoms with Gasteiger partial charge in [0.2, 0.25) is 0 Å². The molecule has 0 spiro atoms. The topological polar surface area (TPSA) is 65.1 Å². The molecule has 0 radical (unpaired) electrons. The Morgan fingerprint density at radius 1 is 0.960 bits per heavy atom. The van der Waals surface area contributed by atoms with Crippen molar-refractivity contribution >= 4 is 11.9 Å². The number of para-hydroxylation sites is 2. The molecule has 1 amide bonds. The van der Waals surface area contributed by atoms with Gasteiger partial charge >= 0.3 is 5.97 Å². The first-order chi connectivity index (χ1) is 12.0. The smallest absolute Gasteiger partial charge is 0.342 e. The highest BCUT2D eigenvalue weighted by molar-refractivity contribution is 5.92. The lowest BCUT2D eigenvalue weighted by Gasteiger charge is -2.14. The fraction of sp³-hybridized carbons (Fsp3) is 0.263. The molecule has 6 heteroatoms. The summed E-state index contributed by atoms with van der Waals surface area (Å²) in [5, 5.41) is 0. The summed E-state index contributed by atoms with van der Waals surface area (Å²) in [7, 11) is 4.84. The third-order valence-electron chi connectivity index (χ3n) is 3.51. The highest BCUT2D eigenvalue weighted by atomic mass is 16.5. The number of ether oxygens (including phenoxy) is 3. The van der Waals surface area contributed by atoms with Crippen LogP contribution in [-0.4, -0.2) is 44.6 Å². The molecular formula is C19H21NO5. The second-order valence-electron chi connectivity index (χ2n) is 5.46. The maximum atomic E-state index is 12.4. The van der Waals surface area contributed by atoms with E-state index in [9.17, 15) is 9.59 Å². The third kappa shape index (κ3) is 4.97. The molecule has 0 aliphatic carbocycles. The maximum absolute atomic E-state index is 12.4. The van der Waals surface area contributed by atoms with Crippen molar-refractivity contribution in [2.75, 3.05) is 27.8 Å². The molecule has 0 bridgehead atoms. The van der Waals surface area contributed by atoms with Gasteiger partial charge in [-0.1, -0.05) is 30.3 Å². The molecule has 2 aromatic rings. The standard InChI is InChI=1S/C19H21NO5/c1-20(2)18(21)13-24-17-11-7-5-9-15(17)19(22)25-12-14-8-4-6-10-16(14)23-3/h4-11H,12-13H2,1-3H3. The summed E-state index contributed by atoms with van der Waals surface area (Å²) in [6.07, 6.45) is 0. The normalized spacial score (nSPS) is 10.0. The Balaban J connectivity index is 2.05. The number of hydrogen-bond donors (Lipinski definition) is 0. The van der Waals surface area contributed by atoms with Gasteiger partial charge in [-0.3, -0.25) is 4.79 Å². The van der Waals surface area contributed by atoms with Crippen molar-refractivity contribution in [3.63, 3.8) is 0 Å². The van der Waals surface area contributed by atoms with Crippen LogP contribution in [0.4, 0.5) is 0 Å². The predicted molar refractivity (Wildman–Crippen MR) is 92.7 cm³/mol. The van der Waals surface area contributed by atoms with E-state index in [1.54, 1.807) is 51.5 Å². The molecule has 2 aromatic carbocycles. The minimum atomic E-state index is -0.529. The van der Waals surface area contributed by atoms with Gasteiger partial charge in [0, 0.05) is 19.7 Å².